The van der Waals surface area contributed by atoms with Gasteiger partial charge in [0, 0.05) is 25.7 Å². The molecule has 0 saturated heterocycles. The first-order chi connectivity index (χ1) is 13.8. The summed E-state index contributed by atoms with van der Waals surface area (Å²) in [6, 6.07) is 15.2. The maximum atomic E-state index is 12.5. The van der Waals surface area contributed by atoms with Gasteiger partial charge in [-0.05, 0) is 18.2 Å². The fourth-order valence-electron chi connectivity index (χ4n) is 2.55. The molecule has 0 spiro atoms. The third kappa shape index (κ3) is 4.47. The van der Waals surface area contributed by atoms with Gasteiger partial charge in [0.15, 0.2) is 12.4 Å². The van der Waals surface area contributed by atoms with Gasteiger partial charge in [0.25, 0.3) is 0 Å². The Bertz CT molecular complexity index is 1110. The molecule has 0 aliphatic rings. The summed E-state index contributed by atoms with van der Waals surface area (Å²) in [5.41, 5.74) is 1.58. The van der Waals surface area contributed by atoms with Crippen molar-refractivity contribution in [3.8, 4) is 17.0 Å². The van der Waals surface area contributed by atoms with Crippen molar-refractivity contribution in [1.29, 1.82) is 0 Å². The molecule has 0 N–H and O–H groups in total. The Balaban J connectivity index is 1.76. The minimum Gasteiger partial charge on any atom is -0.495 e. The number of aromatic nitrogens is 1. The molecule has 0 fully saturated rings. The van der Waals surface area contributed by atoms with Crippen molar-refractivity contribution in [3.05, 3.63) is 65.9 Å². The van der Waals surface area contributed by atoms with Crippen LogP contribution in [0.2, 0.25) is 0 Å². The number of ether oxygens (including phenoxy) is 2. The van der Waals surface area contributed by atoms with E-state index in [0.29, 0.717) is 11.5 Å². The van der Waals surface area contributed by atoms with E-state index in [9.17, 15) is 13.2 Å². The second-order valence-corrected chi connectivity index (χ2v) is 8.39. The smallest absolute Gasteiger partial charge is 0.338 e. The zero-order valence-corrected chi connectivity index (χ0v) is 17.0. The first kappa shape index (κ1) is 20.6. The van der Waals surface area contributed by atoms with E-state index >= 15 is 0 Å². The maximum absolute atomic E-state index is 12.5. The van der Waals surface area contributed by atoms with Crippen molar-refractivity contribution in [2.75, 3.05) is 21.2 Å². The van der Waals surface area contributed by atoms with Crippen molar-refractivity contribution in [2.45, 2.75) is 11.5 Å². The fraction of sp³-hybridized carbons (Fsp3) is 0.200. The summed E-state index contributed by atoms with van der Waals surface area (Å²) in [4.78, 5) is 12.3. The van der Waals surface area contributed by atoms with E-state index in [1.54, 1.807) is 6.07 Å². The van der Waals surface area contributed by atoms with Gasteiger partial charge in [-0.2, -0.15) is 0 Å². The number of carbonyl (C=O) groups is 1. The molecule has 3 rings (SSSR count). The second kappa shape index (κ2) is 8.46. The normalized spacial score (nSPS) is 11.4. The first-order valence-corrected chi connectivity index (χ1v) is 10.1. The zero-order valence-electron chi connectivity index (χ0n) is 16.2. The van der Waals surface area contributed by atoms with Gasteiger partial charge in [0.05, 0.1) is 12.7 Å². The molecular weight excluding hydrogens is 396 g/mol. The van der Waals surface area contributed by atoms with Crippen molar-refractivity contribution in [2.24, 2.45) is 0 Å². The molecule has 0 unspecified atom stereocenters. The topological polar surface area (TPSA) is 98.9 Å². The Morgan fingerprint density at radius 3 is 2.48 bits per heavy atom. The molecule has 0 amide bonds. The number of methoxy groups -OCH3 is 1. The quantitative estimate of drug-likeness (QED) is 0.546. The van der Waals surface area contributed by atoms with Crippen LogP contribution in [0.3, 0.4) is 0 Å². The van der Waals surface area contributed by atoms with Crippen LogP contribution in [0.1, 0.15) is 16.1 Å². The number of benzene rings is 2. The number of hydrogen-bond donors (Lipinski definition) is 0. The zero-order chi connectivity index (χ0) is 21.0. The molecule has 1 aromatic heterocycles. The van der Waals surface area contributed by atoms with E-state index < -0.39 is 16.0 Å². The average molecular weight is 416 g/mol. The Labute approximate surface area is 168 Å². The van der Waals surface area contributed by atoms with E-state index in [1.807, 2.05) is 30.3 Å². The van der Waals surface area contributed by atoms with Gasteiger partial charge in [-0.1, -0.05) is 35.5 Å². The van der Waals surface area contributed by atoms with Crippen LogP contribution in [0.4, 0.5) is 0 Å². The summed E-state index contributed by atoms with van der Waals surface area (Å²) in [7, 11) is 0.353. The molecule has 0 bridgehead atoms. The summed E-state index contributed by atoms with van der Waals surface area (Å²) in [6.45, 7) is -0.138. The predicted octanol–water partition coefficient (Wildman–Crippen LogP) is 2.96. The summed E-state index contributed by atoms with van der Waals surface area (Å²) in [5.74, 6) is -0.189. The van der Waals surface area contributed by atoms with Crippen LogP contribution < -0.4 is 4.74 Å². The van der Waals surface area contributed by atoms with Crippen LogP contribution in [0, 0.1) is 0 Å². The summed E-state index contributed by atoms with van der Waals surface area (Å²) in [6.07, 6.45) is 0. The SMILES string of the molecule is COc1ccc(C(=O)OCc2cc(-c3ccccc3)no2)cc1S(=O)(=O)N(C)C. The second-order valence-electron chi connectivity index (χ2n) is 6.27. The van der Waals surface area contributed by atoms with Gasteiger partial charge < -0.3 is 14.0 Å². The molecule has 1 heterocycles. The highest BCUT2D eigenvalue weighted by molar-refractivity contribution is 7.89. The highest BCUT2D eigenvalue weighted by atomic mass is 32.2. The molecule has 9 heteroatoms. The van der Waals surface area contributed by atoms with Crippen molar-refractivity contribution >= 4 is 16.0 Å². The van der Waals surface area contributed by atoms with Crippen LogP contribution in [0.25, 0.3) is 11.3 Å². The fourth-order valence-corrected chi connectivity index (χ4v) is 3.62. The van der Waals surface area contributed by atoms with Crippen LogP contribution in [-0.4, -0.2) is 45.1 Å². The molecule has 0 radical (unpaired) electrons. The average Bonchev–Trinajstić information content (AvgIpc) is 3.21. The van der Waals surface area contributed by atoms with Crippen molar-refractivity contribution in [1.82, 2.24) is 9.46 Å². The van der Waals surface area contributed by atoms with E-state index in [2.05, 4.69) is 5.16 Å². The largest absolute Gasteiger partial charge is 0.495 e. The minimum atomic E-state index is -3.80. The van der Waals surface area contributed by atoms with Crippen LogP contribution in [0.15, 0.2) is 64.0 Å². The maximum Gasteiger partial charge on any atom is 0.338 e. The lowest BCUT2D eigenvalue weighted by Crippen LogP contribution is -2.23. The molecule has 0 aliphatic carbocycles. The van der Waals surface area contributed by atoms with Crippen molar-refractivity contribution < 1.29 is 27.2 Å². The van der Waals surface area contributed by atoms with Crippen molar-refractivity contribution in [3.63, 3.8) is 0 Å². The number of nitrogens with zero attached hydrogens (tertiary/aromatic N) is 2. The van der Waals surface area contributed by atoms with Gasteiger partial charge in [-0.25, -0.2) is 17.5 Å². The molecule has 3 aromatic rings. The highest BCUT2D eigenvalue weighted by Crippen LogP contribution is 2.27. The van der Waals surface area contributed by atoms with E-state index in [4.69, 9.17) is 14.0 Å². The minimum absolute atomic E-state index is 0.0778. The molecule has 0 saturated carbocycles. The molecule has 8 nitrogen and oxygen atoms in total. The number of hydrogen-bond acceptors (Lipinski definition) is 7. The third-order valence-corrected chi connectivity index (χ3v) is 5.97. The lowest BCUT2D eigenvalue weighted by atomic mass is 10.1. The first-order valence-electron chi connectivity index (χ1n) is 8.61. The highest BCUT2D eigenvalue weighted by Gasteiger charge is 2.24. The summed E-state index contributed by atoms with van der Waals surface area (Å²) >= 11 is 0. The Hall–Kier alpha value is -3.17. The van der Waals surface area contributed by atoms with Gasteiger partial charge in [0.2, 0.25) is 10.0 Å². The molecule has 29 heavy (non-hydrogen) atoms. The Kier molecular flexibility index (Phi) is 6.00. The Morgan fingerprint density at radius 1 is 1.10 bits per heavy atom. The number of esters is 1. The molecule has 0 atom stereocenters. The van der Waals surface area contributed by atoms with Gasteiger partial charge in [-0.15, -0.1) is 0 Å². The van der Waals surface area contributed by atoms with E-state index in [0.717, 1.165) is 9.87 Å². The van der Waals surface area contributed by atoms with Gasteiger partial charge >= 0.3 is 5.97 Å². The standard InChI is InChI=1S/C20H20N2O6S/c1-22(2)29(24,25)19-11-15(9-10-18(19)26-3)20(23)27-13-16-12-17(21-28-16)14-7-5-4-6-8-14/h4-12H,13H2,1-3H3. The summed E-state index contributed by atoms with van der Waals surface area (Å²) in [5, 5.41) is 3.96. The lowest BCUT2D eigenvalue weighted by molar-refractivity contribution is 0.0437. The monoisotopic (exact) mass is 416 g/mol. The molecular formula is C20H20N2O6S. The number of rotatable bonds is 7. The Morgan fingerprint density at radius 2 is 1.83 bits per heavy atom. The van der Waals surface area contributed by atoms with Crippen LogP contribution in [0.5, 0.6) is 5.75 Å². The third-order valence-electron chi connectivity index (χ3n) is 4.13. The van der Waals surface area contributed by atoms with Gasteiger partial charge in [-0.3, -0.25) is 0 Å². The molecule has 0 aliphatic heterocycles. The number of carbonyl (C=O) groups excluding carboxylic acids is 1. The molecule has 152 valence electrons. The van der Waals surface area contributed by atoms with E-state index in [-0.39, 0.29) is 22.8 Å². The molecule has 2 aromatic carbocycles. The summed E-state index contributed by atoms with van der Waals surface area (Å²) < 4.78 is 41.5. The number of sulfonamides is 1. The van der Waals surface area contributed by atoms with Crippen LogP contribution in [-0.2, 0) is 21.4 Å². The van der Waals surface area contributed by atoms with Crippen LogP contribution >= 0.6 is 0 Å². The predicted molar refractivity (Wildman–Crippen MR) is 105 cm³/mol. The van der Waals surface area contributed by atoms with E-state index in [1.165, 1.54) is 39.4 Å². The van der Waals surface area contributed by atoms with Gasteiger partial charge in [0.1, 0.15) is 16.3 Å². The lowest BCUT2D eigenvalue weighted by Gasteiger charge is -2.15.